The van der Waals surface area contributed by atoms with Crippen LogP contribution in [0.1, 0.15) is 40.6 Å². The summed E-state index contributed by atoms with van der Waals surface area (Å²) in [7, 11) is 2.04. The number of Topliss-reactive ketones (excluding diaryl/α,β-unsaturated/α-hetero) is 1. The van der Waals surface area contributed by atoms with Crippen LogP contribution < -0.4 is 0 Å². The smallest absolute Gasteiger partial charge is 0.346 e. The van der Waals surface area contributed by atoms with Crippen molar-refractivity contribution in [1.82, 2.24) is 14.5 Å². The van der Waals surface area contributed by atoms with Crippen LogP contribution in [0.3, 0.4) is 0 Å². The number of nitrogens with zero attached hydrogens (tertiary/aromatic N) is 4. The van der Waals surface area contributed by atoms with Crippen LogP contribution >= 0.6 is 11.6 Å². The second kappa shape index (κ2) is 7.55. The molecule has 7 nitrogen and oxygen atoms in total. The number of aryl methyl sites for hydroxylation is 1. The summed E-state index contributed by atoms with van der Waals surface area (Å²) in [5, 5.41) is 12.3. The zero-order chi connectivity index (χ0) is 18.8. The van der Waals surface area contributed by atoms with Crippen LogP contribution in [-0.2, 0) is 6.54 Å². The van der Waals surface area contributed by atoms with Gasteiger partial charge in [-0.05, 0) is 62.2 Å². The van der Waals surface area contributed by atoms with Crippen molar-refractivity contribution in [3.63, 3.8) is 0 Å². The molecular formula is C18H21ClN4O3. The summed E-state index contributed by atoms with van der Waals surface area (Å²) in [4.78, 5) is 30.6. The molecule has 26 heavy (non-hydrogen) atoms. The number of nitro groups is 1. The zero-order valence-electron chi connectivity index (χ0n) is 14.8. The molecular weight excluding hydrogens is 356 g/mol. The monoisotopic (exact) mass is 376 g/mol. The zero-order valence-corrected chi connectivity index (χ0v) is 15.6. The minimum atomic E-state index is -0.414. The van der Waals surface area contributed by atoms with Gasteiger partial charge in [0.05, 0.1) is 0 Å². The minimum absolute atomic E-state index is 0.0529. The van der Waals surface area contributed by atoms with E-state index in [1.54, 1.807) is 31.2 Å². The Hall–Kier alpha value is -2.25. The van der Waals surface area contributed by atoms with Crippen molar-refractivity contribution in [2.75, 3.05) is 20.1 Å². The molecule has 0 saturated carbocycles. The summed E-state index contributed by atoms with van der Waals surface area (Å²) in [6, 6.07) is 6.52. The lowest BCUT2D eigenvalue weighted by atomic mass is 9.94. The fourth-order valence-electron chi connectivity index (χ4n) is 3.38. The second-order valence-electron chi connectivity index (χ2n) is 6.72. The quantitative estimate of drug-likeness (QED) is 0.453. The standard InChI is InChI=1S/C18H21ClN4O3/c1-12-20-17(14-7-9-21(2)10-8-14)18(23(25)26)22(12)11-16(24)13-3-5-15(19)6-4-13/h3-6,14H,7-11H2,1-2H3. The number of piperidine rings is 1. The molecule has 0 bridgehead atoms. The number of benzene rings is 1. The van der Waals surface area contributed by atoms with Crippen LogP contribution in [0.15, 0.2) is 24.3 Å². The molecule has 1 aliphatic rings. The predicted octanol–water partition coefficient (Wildman–Crippen LogP) is 3.45. The van der Waals surface area contributed by atoms with E-state index in [1.807, 2.05) is 7.05 Å². The van der Waals surface area contributed by atoms with Gasteiger partial charge in [-0.25, -0.2) is 9.55 Å². The highest BCUT2D eigenvalue weighted by molar-refractivity contribution is 6.30. The molecule has 0 unspecified atom stereocenters. The van der Waals surface area contributed by atoms with Gasteiger partial charge in [-0.15, -0.1) is 0 Å². The first-order valence-electron chi connectivity index (χ1n) is 8.55. The third kappa shape index (κ3) is 3.78. The molecule has 0 N–H and O–H groups in total. The Bertz CT molecular complexity index is 824. The Balaban J connectivity index is 1.90. The van der Waals surface area contributed by atoms with E-state index in [0.717, 1.165) is 25.9 Å². The van der Waals surface area contributed by atoms with E-state index in [1.165, 1.54) is 4.57 Å². The van der Waals surface area contributed by atoms with Crippen molar-refractivity contribution in [3.8, 4) is 0 Å². The molecule has 0 aliphatic carbocycles. The van der Waals surface area contributed by atoms with Crippen LogP contribution in [0.5, 0.6) is 0 Å². The summed E-state index contributed by atoms with van der Waals surface area (Å²) in [6.07, 6.45) is 1.66. The summed E-state index contributed by atoms with van der Waals surface area (Å²) in [5.74, 6) is 0.282. The first-order chi connectivity index (χ1) is 12.4. The van der Waals surface area contributed by atoms with Gasteiger partial charge in [0.25, 0.3) is 0 Å². The fraction of sp³-hybridized carbons (Fsp3) is 0.444. The molecule has 3 rings (SSSR count). The Morgan fingerprint density at radius 3 is 2.50 bits per heavy atom. The predicted molar refractivity (Wildman–Crippen MR) is 98.9 cm³/mol. The van der Waals surface area contributed by atoms with Gasteiger partial charge in [0.1, 0.15) is 5.69 Å². The maximum atomic E-state index is 12.6. The molecule has 8 heteroatoms. The number of carbonyl (C=O) groups is 1. The van der Waals surface area contributed by atoms with Crippen molar-refractivity contribution in [2.45, 2.75) is 32.2 Å². The Labute approximate surface area is 156 Å². The van der Waals surface area contributed by atoms with Crippen molar-refractivity contribution < 1.29 is 9.72 Å². The highest BCUT2D eigenvalue weighted by Gasteiger charge is 2.33. The second-order valence-corrected chi connectivity index (χ2v) is 7.16. The van der Waals surface area contributed by atoms with Gasteiger partial charge < -0.3 is 15.0 Å². The maximum Gasteiger partial charge on any atom is 0.346 e. The topological polar surface area (TPSA) is 81.3 Å². The van der Waals surface area contributed by atoms with Crippen molar-refractivity contribution in [2.24, 2.45) is 0 Å². The van der Waals surface area contributed by atoms with Gasteiger partial charge in [0.15, 0.2) is 12.4 Å². The third-order valence-corrected chi connectivity index (χ3v) is 5.16. The van der Waals surface area contributed by atoms with Gasteiger partial charge in [-0.3, -0.25) is 4.79 Å². The fourth-order valence-corrected chi connectivity index (χ4v) is 3.51. The van der Waals surface area contributed by atoms with Gasteiger partial charge in [-0.1, -0.05) is 11.6 Å². The largest absolute Gasteiger partial charge is 0.358 e. The average molecular weight is 377 g/mol. The molecule has 0 radical (unpaired) electrons. The highest BCUT2D eigenvalue weighted by atomic mass is 35.5. The summed E-state index contributed by atoms with van der Waals surface area (Å²) >= 11 is 5.85. The first kappa shape index (κ1) is 18.5. The van der Waals surface area contributed by atoms with E-state index in [-0.39, 0.29) is 24.1 Å². The molecule has 1 aromatic carbocycles. The summed E-state index contributed by atoms with van der Waals surface area (Å²) in [6.45, 7) is 3.37. The van der Waals surface area contributed by atoms with Crippen molar-refractivity contribution in [1.29, 1.82) is 0 Å². The van der Waals surface area contributed by atoms with Crippen LogP contribution in [0, 0.1) is 17.0 Å². The number of carbonyl (C=O) groups excluding carboxylic acids is 1. The Morgan fingerprint density at radius 2 is 1.92 bits per heavy atom. The number of rotatable bonds is 5. The first-order valence-corrected chi connectivity index (χ1v) is 8.93. The number of aromatic nitrogens is 2. The molecule has 0 atom stereocenters. The van der Waals surface area contributed by atoms with Gasteiger partial charge >= 0.3 is 5.82 Å². The van der Waals surface area contributed by atoms with Crippen LogP contribution in [0.25, 0.3) is 0 Å². The molecule has 2 aromatic rings. The average Bonchev–Trinajstić information content (AvgIpc) is 2.93. The van der Waals surface area contributed by atoms with E-state index in [4.69, 9.17) is 11.6 Å². The number of halogens is 1. The number of likely N-dealkylation sites (tertiary alicyclic amines) is 1. The lowest BCUT2D eigenvalue weighted by Gasteiger charge is -2.27. The molecule has 2 heterocycles. The molecule has 1 saturated heterocycles. The third-order valence-electron chi connectivity index (χ3n) is 4.90. The molecule has 138 valence electrons. The SMILES string of the molecule is Cc1nc(C2CCN(C)CC2)c([N+](=O)[O-])n1CC(=O)c1ccc(Cl)cc1. The van der Waals surface area contributed by atoms with Crippen molar-refractivity contribution in [3.05, 3.63) is 56.5 Å². The summed E-state index contributed by atoms with van der Waals surface area (Å²) < 4.78 is 1.42. The molecule has 1 aromatic heterocycles. The molecule has 1 fully saturated rings. The molecule has 1 aliphatic heterocycles. The Morgan fingerprint density at radius 1 is 1.31 bits per heavy atom. The van der Waals surface area contributed by atoms with Crippen LogP contribution in [0.2, 0.25) is 5.02 Å². The number of ketones is 1. The summed E-state index contributed by atoms with van der Waals surface area (Å²) in [5.41, 5.74) is 0.974. The van der Waals surface area contributed by atoms with E-state index < -0.39 is 4.92 Å². The maximum absolute atomic E-state index is 12.6. The minimum Gasteiger partial charge on any atom is -0.358 e. The van der Waals surface area contributed by atoms with E-state index in [0.29, 0.717) is 22.1 Å². The lowest BCUT2D eigenvalue weighted by Crippen LogP contribution is -2.29. The van der Waals surface area contributed by atoms with Crippen LogP contribution in [-0.4, -0.2) is 45.3 Å². The highest BCUT2D eigenvalue weighted by Crippen LogP contribution is 2.34. The van der Waals surface area contributed by atoms with E-state index >= 15 is 0 Å². The lowest BCUT2D eigenvalue weighted by molar-refractivity contribution is -0.393. The van der Waals surface area contributed by atoms with E-state index in [2.05, 4.69) is 9.88 Å². The number of imidazole rings is 1. The molecule has 0 spiro atoms. The Kier molecular flexibility index (Phi) is 5.38. The number of hydrogen-bond donors (Lipinski definition) is 0. The van der Waals surface area contributed by atoms with Crippen molar-refractivity contribution >= 4 is 23.2 Å². The van der Waals surface area contributed by atoms with Gasteiger partial charge in [0, 0.05) is 23.4 Å². The number of hydrogen-bond acceptors (Lipinski definition) is 5. The van der Waals surface area contributed by atoms with Gasteiger partial charge in [-0.2, -0.15) is 0 Å². The normalized spacial score (nSPS) is 16.0. The van der Waals surface area contributed by atoms with E-state index in [9.17, 15) is 14.9 Å². The molecule has 0 amide bonds. The van der Waals surface area contributed by atoms with Crippen LogP contribution in [0.4, 0.5) is 5.82 Å². The van der Waals surface area contributed by atoms with Gasteiger partial charge in [0.2, 0.25) is 5.78 Å².